The SMILES string of the molecule is CC(=O)c1ccc(-c2ccc(SC(=O)N(C)C)cc2)cc1. The van der Waals surface area contributed by atoms with Crippen LogP contribution in [0.15, 0.2) is 53.4 Å². The number of carbonyl (C=O) groups excluding carboxylic acids is 2. The van der Waals surface area contributed by atoms with Gasteiger partial charge in [-0.25, -0.2) is 0 Å². The molecule has 4 heteroatoms. The van der Waals surface area contributed by atoms with E-state index in [1.807, 2.05) is 48.5 Å². The van der Waals surface area contributed by atoms with Gasteiger partial charge in [0, 0.05) is 24.6 Å². The van der Waals surface area contributed by atoms with Crippen LogP contribution < -0.4 is 0 Å². The number of Topliss-reactive ketones (excluding diaryl/α,β-unsaturated/α-hetero) is 1. The topological polar surface area (TPSA) is 37.4 Å². The Kier molecular flexibility index (Phi) is 4.81. The standard InChI is InChI=1S/C17H17NO2S/c1-12(19)13-4-6-14(7-5-13)15-8-10-16(11-9-15)21-17(20)18(2)3/h4-11H,1-3H3. The van der Waals surface area contributed by atoms with Crippen molar-refractivity contribution in [3.05, 3.63) is 54.1 Å². The molecule has 0 aromatic heterocycles. The molecule has 3 nitrogen and oxygen atoms in total. The number of benzene rings is 2. The summed E-state index contributed by atoms with van der Waals surface area (Å²) >= 11 is 1.20. The van der Waals surface area contributed by atoms with Crippen LogP contribution in [0.5, 0.6) is 0 Å². The van der Waals surface area contributed by atoms with Crippen molar-refractivity contribution in [1.29, 1.82) is 0 Å². The van der Waals surface area contributed by atoms with E-state index in [-0.39, 0.29) is 11.0 Å². The van der Waals surface area contributed by atoms with Gasteiger partial charge in [-0.3, -0.25) is 9.59 Å². The number of thioether (sulfide) groups is 1. The molecule has 0 heterocycles. The molecular weight excluding hydrogens is 282 g/mol. The average Bonchev–Trinajstić information content (AvgIpc) is 2.48. The van der Waals surface area contributed by atoms with Gasteiger partial charge in [0.1, 0.15) is 0 Å². The monoisotopic (exact) mass is 299 g/mol. The fraction of sp³-hybridized carbons (Fsp3) is 0.176. The zero-order chi connectivity index (χ0) is 15.4. The Bertz CT molecular complexity index is 645. The van der Waals surface area contributed by atoms with E-state index in [1.165, 1.54) is 11.8 Å². The van der Waals surface area contributed by atoms with Crippen molar-refractivity contribution < 1.29 is 9.59 Å². The molecule has 0 atom stereocenters. The van der Waals surface area contributed by atoms with Crippen LogP contribution >= 0.6 is 11.8 Å². The third-order valence-corrected chi connectivity index (χ3v) is 4.10. The Morgan fingerprint density at radius 2 is 1.33 bits per heavy atom. The van der Waals surface area contributed by atoms with Crippen LogP contribution in [0.3, 0.4) is 0 Å². The second-order valence-corrected chi connectivity index (χ2v) is 5.95. The first-order valence-electron chi connectivity index (χ1n) is 6.58. The second-order valence-electron chi connectivity index (χ2n) is 4.92. The third kappa shape index (κ3) is 3.95. The van der Waals surface area contributed by atoms with Gasteiger partial charge in [-0.05, 0) is 41.9 Å². The quantitative estimate of drug-likeness (QED) is 0.625. The fourth-order valence-electron chi connectivity index (χ4n) is 1.80. The number of hydrogen-bond acceptors (Lipinski definition) is 3. The highest BCUT2D eigenvalue weighted by molar-refractivity contribution is 8.13. The maximum Gasteiger partial charge on any atom is 0.285 e. The maximum atomic E-state index is 11.6. The Morgan fingerprint density at radius 1 is 0.857 bits per heavy atom. The van der Waals surface area contributed by atoms with Gasteiger partial charge < -0.3 is 4.90 Å². The molecule has 21 heavy (non-hydrogen) atoms. The molecule has 2 rings (SSSR count). The Labute approximate surface area is 129 Å². The first-order valence-corrected chi connectivity index (χ1v) is 7.39. The minimum Gasteiger partial charge on any atom is -0.339 e. The Hall–Kier alpha value is -2.07. The molecule has 1 amide bonds. The van der Waals surface area contributed by atoms with E-state index < -0.39 is 0 Å². The van der Waals surface area contributed by atoms with E-state index in [0.717, 1.165) is 16.0 Å². The summed E-state index contributed by atoms with van der Waals surface area (Å²) in [5.41, 5.74) is 2.82. The summed E-state index contributed by atoms with van der Waals surface area (Å²) < 4.78 is 0. The molecule has 0 bridgehead atoms. The van der Waals surface area contributed by atoms with Gasteiger partial charge in [0.25, 0.3) is 5.24 Å². The zero-order valence-electron chi connectivity index (χ0n) is 12.3. The highest BCUT2D eigenvalue weighted by Crippen LogP contribution is 2.25. The lowest BCUT2D eigenvalue weighted by Gasteiger charge is -2.09. The van der Waals surface area contributed by atoms with Crippen LogP contribution in [0.1, 0.15) is 17.3 Å². The summed E-state index contributed by atoms with van der Waals surface area (Å²) in [5, 5.41) is 0.00793. The van der Waals surface area contributed by atoms with Gasteiger partial charge in [0.15, 0.2) is 5.78 Å². The summed E-state index contributed by atoms with van der Waals surface area (Å²) in [5.74, 6) is 0.0653. The Morgan fingerprint density at radius 3 is 1.76 bits per heavy atom. The van der Waals surface area contributed by atoms with E-state index >= 15 is 0 Å². The van der Waals surface area contributed by atoms with Gasteiger partial charge in [0.05, 0.1) is 0 Å². The lowest BCUT2D eigenvalue weighted by Crippen LogP contribution is -2.15. The zero-order valence-corrected chi connectivity index (χ0v) is 13.1. The molecule has 0 saturated carbocycles. The lowest BCUT2D eigenvalue weighted by molar-refractivity contribution is 0.101. The number of amides is 1. The molecule has 0 N–H and O–H groups in total. The van der Waals surface area contributed by atoms with Crippen molar-refractivity contribution in [3.63, 3.8) is 0 Å². The van der Waals surface area contributed by atoms with Crippen molar-refractivity contribution >= 4 is 22.8 Å². The molecule has 0 spiro atoms. The van der Waals surface area contributed by atoms with Crippen LogP contribution in [0.25, 0.3) is 11.1 Å². The predicted octanol–water partition coefficient (Wildman–Crippen LogP) is 4.33. The smallest absolute Gasteiger partial charge is 0.285 e. The summed E-state index contributed by atoms with van der Waals surface area (Å²) in [4.78, 5) is 25.4. The molecule has 0 aliphatic carbocycles. The fourth-order valence-corrected chi connectivity index (χ4v) is 2.46. The van der Waals surface area contributed by atoms with E-state index in [2.05, 4.69) is 0 Å². The van der Waals surface area contributed by atoms with Gasteiger partial charge >= 0.3 is 0 Å². The molecule has 2 aromatic rings. The van der Waals surface area contributed by atoms with Crippen LogP contribution in [0, 0.1) is 0 Å². The number of ketones is 1. The third-order valence-electron chi connectivity index (χ3n) is 3.05. The minimum atomic E-state index is 0.00793. The first kappa shape index (κ1) is 15.3. The number of hydrogen-bond donors (Lipinski definition) is 0. The molecular formula is C17H17NO2S. The summed E-state index contributed by atoms with van der Waals surface area (Å²) in [7, 11) is 3.47. The summed E-state index contributed by atoms with van der Waals surface area (Å²) in [6.45, 7) is 1.56. The summed E-state index contributed by atoms with van der Waals surface area (Å²) in [6.07, 6.45) is 0. The van der Waals surface area contributed by atoms with Crippen LogP contribution in [-0.2, 0) is 0 Å². The molecule has 0 saturated heterocycles. The Balaban J connectivity index is 2.15. The van der Waals surface area contributed by atoms with Crippen molar-refractivity contribution in [1.82, 2.24) is 4.90 Å². The van der Waals surface area contributed by atoms with Crippen molar-refractivity contribution in [2.45, 2.75) is 11.8 Å². The van der Waals surface area contributed by atoms with Crippen molar-refractivity contribution in [2.75, 3.05) is 14.1 Å². The highest BCUT2D eigenvalue weighted by atomic mass is 32.2. The van der Waals surface area contributed by atoms with Gasteiger partial charge in [-0.1, -0.05) is 36.4 Å². The van der Waals surface area contributed by atoms with E-state index in [0.29, 0.717) is 5.56 Å². The second kappa shape index (κ2) is 6.59. The largest absolute Gasteiger partial charge is 0.339 e. The molecule has 108 valence electrons. The molecule has 0 unspecified atom stereocenters. The molecule has 0 radical (unpaired) electrons. The molecule has 0 fully saturated rings. The van der Waals surface area contributed by atoms with E-state index in [1.54, 1.807) is 25.9 Å². The predicted molar refractivity (Wildman–Crippen MR) is 86.8 cm³/mol. The average molecular weight is 299 g/mol. The van der Waals surface area contributed by atoms with Crippen LogP contribution in [0.4, 0.5) is 4.79 Å². The van der Waals surface area contributed by atoms with E-state index in [9.17, 15) is 9.59 Å². The summed E-state index contributed by atoms with van der Waals surface area (Å²) in [6, 6.07) is 15.3. The molecule has 2 aromatic carbocycles. The number of rotatable bonds is 3. The molecule has 0 aliphatic heterocycles. The van der Waals surface area contributed by atoms with Gasteiger partial charge in [-0.2, -0.15) is 0 Å². The van der Waals surface area contributed by atoms with Crippen LogP contribution in [-0.4, -0.2) is 30.0 Å². The van der Waals surface area contributed by atoms with Gasteiger partial charge in [-0.15, -0.1) is 0 Å². The molecule has 0 aliphatic rings. The van der Waals surface area contributed by atoms with Gasteiger partial charge in [0.2, 0.25) is 0 Å². The minimum absolute atomic E-state index is 0.00793. The van der Waals surface area contributed by atoms with Crippen molar-refractivity contribution in [3.8, 4) is 11.1 Å². The highest BCUT2D eigenvalue weighted by Gasteiger charge is 2.07. The number of nitrogens with zero attached hydrogens (tertiary/aromatic N) is 1. The normalized spacial score (nSPS) is 10.2. The van der Waals surface area contributed by atoms with Crippen molar-refractivity contribution in [2.24, 2.45) is 0 Å². The maximum absolute atomic E-state index is 11.6. The van der Waals surface area contributed by atoms with E-state index in [4.69, 9.17) is 0 Å². The first-order chi connectivity index (χ1) is 9.97. The lowest BCUT2D eigenvalue weighted by atomic mass is 10.0. The van der Waals surface area contributed by atoms with Crippen LogP contribution in [0.2, 0.25) is 0 Å². The number of carbonyl (C=O) groups is 2.